The number of hydrogen-bond acceptors (Lipinski definition) is 4. The summed E-state index contributed by atoms with van der Waals surface area (Å²) in [6.45, 7) is 6.19. The van der Waals surface area contributed by atoms with E-state index in [4.69, 9.17) is 9.47 Å². The standard InChI is InChI=1S/C17H20N2O3/c1-17(2,3)14-6-5-7-15(18-14)19-16(20)22-13-10-8-12(21-4)9-11-13/h5-11H,1-4H3,(H,18,19,20). The van der Waals surface area contributed by atoms with Crippen LogP contribution in [0.4, 0.5) is 10.6 Å². The lowest BCUT2D eigenvalue weighted by molar-refractivity contribution is 0.215. The van der Waals surface area contributed by atoms with Crippen molar-refractivity contribution in [3.05, 3.63) is 48.2 Å². The minimum Gasteiger partial charge on any atom is -0.497 e. The number of pyridine rings is 1. The first-order valence-corrected chi connectivity index (χ1v) is 6.99. The first-order chi connectivity index (χ1) is 10.4. The SMILES string of the molecule is COc1ccc(OC(=O)Nc2cccc(C(C)(C)C)n2)cc1. The van der Waals surface area contributed by atoms with E-state index in [0.717, 1.165) is 5.69 Å². The highest BCUT2D eigenvalue weighted by atomic mass is 16.6. The molecule has 0 radical (unpaired) electrons. The van der Waals surface area contributed by atoms with E-state index >= 15 is 0 Å². The zero-order chi connectivity index (χ0) is 16.2. The number of nitrogens with one attached hydrogen (secondary N) is 1. The third-order valence-corrected chi connectivity index (χ3v) is 3.02. The molecule has 5 heteroatoms. The van der Waals surface area contributed by atoms with E-state index in [1.807, 2.05) is 12.1 Å². The van der Waals surface area contributed by atoms with Gasteiger partial charge < -0.3 is 9.47 Å². The van der Waals surface area contributed by atoms with E-state index in [-0.39, 0.29) is 5.41 Å². The summed E-state index contributed by atoms with van der Waals surface area (Å²) in [4.78, 5) is 16.3. The summed E-state index contributed by atoms with van der Waals surface area (Å²) in [5.41, 5.74) is 0.812. The van der Waals surface area contributed by atoms with Crippen molar-refractivity contribution in [2.24, 2.45) is 0 Å². The Labute approximate surface area is 130 Å². The van der Waals surface area contributed by atoms with Gasteiger partial charge in [0.05, 0.1) is 7.11 Å². The monoisotopic (exact) mass is 300 g/mol. The summed E-state index contributed by atoms with van der Waals surface area (Å²) >= 11 is 0. The molecule has 2 rings (SSSR count). The molecule has 0 atom stereocenters. The third kappa shape index (κ3) is 4.22. The van der Waals surface area contributed by atoms with E-state index in [2.05, 4.69) is 31.1 Å². The van der Waals surface area contributed by atoms with Crippen LogP contribution in [0.25, 0.3) is 0 Å². The molecular formula is C17H20N2O3. The molecule has 1 amide bonds. The highest BCUT2D eigenvalue weighted by molar-refractivity contribution is 5.85. The van der Waals surface area contributed by atoms with Gasteiger partial charge in [-0.2, -0.15) is 0 Å². The maximum atomic E-state index is 11.9. The molecule has 1 aromatic carbocycles. The molecule has 0 aliphatic carbocycles. The van der Waals surface area contributed by atoms with Crippen molar-refractivity contribution in [2.75, 3.05) is 12.4 Å². The van der Waals surface area contributed by atoms with Crippen LogP contribution in [0.5, 0.6) is 11.5 Å². The Morgan fingerprint density at radius 1 is 1.05 bits per heavy atom. The number of benzene rings is 1. The maximum absolute atomic E-state index is 11.9. The number of carbonyl (C=O) groups excluding carboxylic acids is 1. The Balaban J connectivity index is 2.02. The summed E-state index contributed by atoms with van der Waals surface area (Å²) in [5, 5.41) is 2.63. The van der Waals surface area contributed by atoms with Crippen molar-refractivity contribution < 1.29 is 14.3 Å². The third-order valence-electron chi connectivity index (χ3n) is 3.02. The molecule has 116 valence electrons. The molecule has 0 saturated carbocycles. The molecule has 1 N–H and O–H groups in total. The molecule has 1 aromatic heterocycles. The number of nitrogens with zero attached hydrogens (tertiary/aromatic N) is 1. The molecular weight excluding hydrogens is 280 g/mol. The van der Waals surface area contributed by atoms with Crippen LogP contribution in [0, 0.1) is 0 Å². The van der Waals surface area contributed by atoms with Crippen LogP contribution in [-0.4, -0.2) is 18.2 Å². The topological polar surface area (TPSA) is 60.5 Å². The van der Waals surface area contributed by atoms with Crippen molar-refractivity contribution in [1.29, 1.82) is 0 Å². The van der Waals surface area contributed by atoms with Gasteiger partial charge in [-0.25, -0.2) is 9.78 Å². The Hall–Kier alpha value is -2.56. The van der Waals surface area contributed by atoms with Gasteiger partial charge in [0, 0.05) is 11.1 Å². The summed E-state index contributed by atoms with van der Waals surface area (Å²) in [6.07, 6.45) is -0.580. The highest BCUT2D eigenvalue weighted by Gasteiger charge is 2.16. The fraction of sp³-hybridized carbons (Fsp3) is 0.294. The van der Waals surface area contributed by atoms with Crippen LogP contribution >= 0.6 is 0 Å². The molecule has 0 fully saturated rings. The number of rotatable bonds is 3. The van der Waals surface area contributed by atoms with Crippen molar-refractivity contribution in [3.63, 3.8) is 0 Å². The summed E-state index contributed by atoms with van der Waals surface area (Å²) in [7, 11) is 1.58. The first-order valence-electron chi connectivity index (χ1n) is 6.99. The molecule has 22 heavy (non-hydrogen) atoms. The van der Waals surface area contributed by atoms with Crippen LogP contribution in [0.2, 0.25) is 0 Å². The van der Waals surface area contributed by atoms with Gasteiger partial charge in [-0.05, 0) is 36.4 Å². The maximum Gasteiger partial charge on any atom is 0.418 e. The zero-order valence-electron chi connectivity index (χ0n) is 13.2. The molecule has 0 spiro atoms. The lowest BCUT2D eigenvalue weighted by Crippen LogP contribution is -2.19. The largest absolute Gasteiger partial charge is 0.497 e. The van der Waals surface area contributed by atoms with Crippen molar-refractivity contribution in [2.45, 2.75) is 26.2 Å². The van der Waals surface area contributed by atoms with Crippen LogP contribution in [0.1, 0.15) is 26.5 Å². The molecule has 0 unspecified atom stereocenters. The van der Waals surface area contributed by atoms with E-state index in [1.165, 1.54) is 0 Å². The van der Waals surface area contributed by atoms with Gasteiger partial charge in [0.15, 0.2) is 0 Å². The number of carbonyl (C=O) groups is 1. The van der Waals surface area contributed by atoms with Gasteiger partial charge in [-0.1, -0.05) is 26.8 Å². The second-order valence-corrected chi connectivity index (χ2v) is 5.85. The number of anilines is 1. The van der Waals surface area contributed by atoms with Crippen LogP contribution in [-0.2, 0) is 5.41 Å². The number of ether oxygens (including phenoxy) is 2. The van der Waals surface area contributed by atoms with Gasteiger partial charge in [0.1, 0.15) is 17.3 Å². The van der Waals surface area contributed by atoms with Gasteiger partial charge in [0.2, 0.25) is 0 Å². The van der Waals surface area contributed by atoms with Gasteiger partial charge in [-0.15, -0.1) is 0 Å². The summed E-state index contributed by atoms with van der Waals surface area (Å²) in [6, 6.07) is 12.3. The molecule has 0 bridgehead atoms. The summed E-state index contributed by atoms with van der Waals surface area (Å²) in [5.74, 6) is 1.60. The van der Waals surface area contributed by atoms with E-state index in [1.54, 1.807) is 37.4 Å². The minimum atomic E-state index is -0.580. The lowest BCUT2D eigenvalue weighted by Gasteiger charge is -2.18. The van der Waals surface area contributed by atoms with Crippen molar-refractivity contribution >= 4 is 11.9 Å². The van der Waals surface area contributed by atoms with Crippen LogP contribution in [0.3, 0.4) is 0 Å². The predicted octanol–water partition coefficient (Wildman–Crippen LogP) is 4.00. The Morgan fingerprint density at radius 2 is 1.68 bits per heavy atom. The Bertz CT molecular complexity index is 646. The van der Waals surface area contributed by atoms with E-state index in [0.29, 0.717) is 17.3 Å². The first kappa shape index (κ1) is 15.8. The van der Waals surface area contributed by atoms with E-state index < -0.39 is 6.09 Å². The second-order valence-electron chi connectivity index (χ2n) is 5.85. The quantitative estimate of drug-likeness (QED) is 0.930. The van der Waals surface area contributed by atoms with Crippen molar-refractivity contribution in [1.82, 2.24) is 4.98 Å². The average Bonchev–Trinajstić information content (AvgIpc) is 2.47. The van der Waals surface area contributed by atoms with Crippen LogP contribution in [0.15, 0.2) is 42.5 Å². The minimum absolute atomic E-state index is 0.0857. The van der Waals surface area contributed by atoms with Crippen molar-refractivity contribution in [3.8, 4) is 11.5 Å². The number of amides is 1. The smallest absolute Gasteiger partial charge is 0.418 e. The lowest BCUT2D eigenvalue weighted by atomic mass is 9.92. The molecule has 1 heterocycles. The van der Waals surface area contributed by atoms with Crippen LogP contribution < -0.4 is 14.8 Å². The fourth-order valence-corrected chi connectivity index (χ4v) is 1.80. The fourth-order valence-electron chi connectivity index (χ4n) is 1.80. The Morgan fingerprint density at radius 3 is 2.27 bits per heavy atom. The number of hydrogen-bond donors (Lipinski definition) is 1. The molecule has 2 aromatic rings. The Kier molecular flexibility index (Phi) is 4.65. The zero-order valence-corrected chi connectivity index (χ0v) is 13.2. The molecule has 0 aliphatic rings. The average molecular weight is 300 g/mol. The molecule has 0 saturated heterocycles. The summed E-state index contributed by atoms with van der Waals surface area (Å²) < 4.78 is 10.2. The molecule has 5 nitrogen and oxygen atoms in total. The highest BCUT2D eigenvalue weighted by Crippen LogP contribution is 2.21. The van der Waals surface area contributed by atoms with E-state index in [9.17, 15) is 4.79 Å². The van der Waals surface area contributed by atoms with Gasteiger partial charge in [-0.3, -0.25) is 5.32 Å². The molecule has 0 aliphatic heterocycles. The second kappa shape index (κ2) is 6.47. The van der Waals surface area contributed by atoms with Gasteiger partial charge >= 0.3 is 6.09 Å². The predicted molar refractivity (Wildman–Crippen MR) is 85.6 cm³/mol. The van der Waals surface area contributed by atoms with Gasteiger partial charge in [0.25, 0.3) is 0 Å². The number of methoxy groups -OCH3 is 1. The normalized spacial score (nSPS) is 10.9. The number of aromatic nitrogens is 1.